The average Bonchev–Trinajstić information content (AvgIpc) is 2.29. The summed E-state index contributed by atoms with van der Waals surface area (Å²) in [7, 11) is 0. The molecule has 0 aliphatic rings. The summed E-state index contributed by atoms with van der Waals surface area (Å²) >= 11 is 6.08. The minimum absolute atomic E-state index is 0.213. The lowest BCUT2D eigenvalue weighted by molar-refractivity contribution is 0.109. The Morgan fingerprint density at radius 3 is 2.59 bits per heavy atom. The summed E-state index contributed by atoms with van der Waals surface area (Å²) in [6.45, 7) is 10.1. The highest BCUT2D eigenvalue weighted by atomic mass is 35.5. The summed E-state index contributed by atoms with van der Waals surface area (Å²) in [5, 5.41) is 4.11. The van der Waals surface area contributed by atoms with Gasteiger partial charge in [0, 0.05) is 11.6 Å². The molecule has 17 heavy (non-hydrogen) atoms. The molecule has 0 aromatic heterocycles. The molecule has 3 heteroatoms. The van der Waals surface area contributed by atoms with Crippen LogP contribution in [0.25, 0.3) is 0 Å². The first-order chi connectivity index (χ1) is 7.98. The third kappa shape index (κ3) is 4.57. The molecule has 0 aliphatic carbocycles. The van der Waals surface area contributed by atoms with Crippen molar-refractivity contribution in [1.82, 2.24) is 5.32 Å². The van der Waals surface area contributed by atoms with Crippen molar-refractivity contribution in [3.63, 3.8) is 0 Å². The SMILES string of the molecule is CCNCC(C)(C)Oc1ccc(Cl)c(CC)c1. The maximum absolute atomic E-state index is 6.08. The zero-order valence-corrected chi connectivity index (χ0v) is 11.9. The Kier molecular flexibility index (Phi) is 5.29. The number of hydrogen-bond donors (Lipinski definition) is 1. The maximum atomic E-state index is 6.08. The van der Waals surface area contributed by atoms with Gasteiger partial charge >= 0.3 is 0 Å². The molecule has 0 saturated carbocycles. The Hall–Kier alpha value is -0.730. The average molecular weight is 256 g/mol. The molecule has 0 fully saturated rings. The van der Waals surface area contributed by atoms with Gasteiger partial charge in [-0.3, -0.25) is 0 Å². The highest BCUT2D eigenvalue weighted by Crippen LogP contribution is 2.25. The largest absolute Gasteiger partial charge is 0.487 e. The van der Waals surface area contributed by atoms with Crippen molar-refractivity contribution in [3.8, 4) is 5.75 Å². The fourth-order valence-electron chi connectivity index (χ4n) is 1.67. The van der Waals surface area contributed by atoms with Gasteiger partial charge in [0.05, 0.1) is 0 Å². The fourth-order valence-corrected chi connectivity index (χ4v) is 1.92. The lowest BCUT2D eigenvalue weighted by Gasteiger charge is -2.27. The van der Waals surface area contributed by atoms with Crippen LogP contribution in [0.15, 0.2) is 18.2 Å². The second kappa shape index (κ2) is 6.27. The Bertz CT molecular complexity index is 363. The van der Waals surface area contributed by atoms with Crippen molar-refractivity contribution in [3.05, 3.63) is 28.8 Å². The smallest absolute Gasteiger partial charge is 0.120 e. The van der Waals surface area contributed by atoms with Gasteiger partial charge in [-0.15, -0.1) is 0 Å². The Morgan fingerprint density at radius 1 is 1.29 bits per heavy atom. The van der Waals surface area contributed by atoms with Crippen LogP contribution in [0.3, 0.4) is 0 Å². The van der Waals surface area contributed by atoms with Crippen LogP contribution in [-0.2, 0) is 6.42 Å². The van der Waals surface area contributed by atoms with Crippen LogP contribution in [0.5, 0.6) is 5.75 Å². The highest BCUT2D eigenvalue weighted by Gasteiger charge is 2.19. The van der Waals surface area contributed by atoms with E-state index in [9.17, 15) is 0 Å². The van der Waals surface area contributed by atoms with Crippen molar-refractivity contribution >= 4 is 11.6 Å². The molecule has 0 saturated heterocycles. The van der Waals surface area contributed by atoms with Gasteiger partial charge < -0.3 is 10.1 Å². The van der Waals surface area contributed by atoms with Crippen molar-refractivity contribution in [2.24, 2.45) is 0 Å². The van der Waals surface area contributed by atoms with E-state index in [1.54, 1.807) is 0 Å². The minimum Gasteiger partial charge on any atom is -0.487 e. The summed E-state index contributed by atoms with van der Waals surface area (Å²) in [5.41, 5.74) is 0.915. The molecule has 0 spiro atoms. The van der Waals surface area contributed by atoms with Gasteiger partial charge in [0.25, 0.3) is 0 Å². The van der Waals surface area contributed by atoms with Crippen molar-refractivity contribution in [2.45, 2.75) is 39.7 Å². The Balaban J connectivity index is 2.73. The predicted octanol–water partition coefficient (Wildman–Crippen LogP) is 3.67. The number of likely N-dealkylation sites (N-methyl/N-ethyl adjacent to an activating group) is 1. The highest BCUT2D eigenvalue weighted by molar-refractivity contribution is 6.31. The number of benzene rings is 1. The molecule has 1 N–H and O–H groups in total. The van der Waals surface area contributed by atoms with Crippen LogP contribution in [0.4, 0.5) is 0 Å². The quantitative estimate of drug-likeness (QED) is 0.838. The molecule has 1 aromatic rings. The molecule has 1 rings (SSSR count). The van der Waals surface area contributed by atoms with Crippen LogP contribution in [0.1, 0.15) is 33.3 Å². The first kappa shape index (κ1) is 14.3. The number of aryl methyl sites for hydroxylation is 1. The van der Waals surface area contributed by atoms with E-state index in [0.717, 1.165) is 35.8 Å². The van der Waals surface area contributed by atoms with E-state index in [2.05, 4.69) is 33.0 Å². The molecule has 0 aliphatic heterocycles. The van der Waals surface area contributed by atoms with E-state index < -0.39 is 0 Å². The number of halogens is 1. The molecule has 0 unspecified atom stereocenters. The van der Waals surface area contributed by atoms with Crippen LogP contribution in [0, 0.1) is 0 Å². The molecule has 1 aromatic carbocycles. The number of hydrogen-bond acceptors (Lipinski definition) is 2. The van der Waals surface area contributed by atoms with Gasteiger partial charge in [-0.2, -0.15) is 0 Å². The molecule has 0 radical (unpaired) electrons. The second-order valence-corrected chi connectivity index (χ2v) is 5.16. The summed E-state index contributed by atoms with van der Waals surface area (Å²) in [6.07, 6.45) is 0.920. The van der Waals surface area contributed by atoms with Crippen molar-refractivity contribution < 1.29 is 4.74 Å². The van der Waals surface area contributed by atoms with E-state index in [4.69, 9.17) is 16.3 Å². The monoisotopic (exact) mass is 255 g/mol. The number of rotatable bonds is 6. The van der Waals surface area contributed by atoms with Crippen LogP contribution >= 0.6 is 11.6 Å². The van der Waals surface area contributed by atoms with Crippen LogP contribution in [0.2, 0.25) is 5.02 Å². The van der Waals surface area contributed by atoms with Gasteiger partial charge in [0.1, 0.15) is 11.4 Å². The van der Waals surface area contributed by atoms with E-state index in [0.29, 0.717) is 0 Å². The summed E-state index contributed by atoms with van der Waals surface area (Å²) in [5.74, 6) is 0.883. The standard InChI is InChI=1S/C14H22ClNO/c1-5-11-9-12(7-8-13(11)15)17-14(3,4)10-16-6-2/h7-9,16H,5-6,10H2,1-4H3. The summed E-state index contributed by atoms with van der Waals surface area (Å²) in [4.78, 5) is 0. The van der Waals surface area contributed by atoms with Gasteiger partial charge in [0.2, 0.25) is 0 Å². The normalized spacial score (nSPS) is 11.6. The molecule has 0 atom stereocenters. The van der Waals surface area contributed by atoms with E-state index in [-0.39, 0.29) is 5.60 Å². The van der Waals surface area contributed by atoms with Gasteiger partial charge in [-0.05, 0) is 50.6 Å². The van der Waals surface area contributed by atoms with Gasteiger partial charge in [-0.1, -0.05) is 25.4 Å². The van der Waals surface area contributed by atoms with Gasteiger partial charge in [0.15, 0.2) is 0 Å². The topological polar surface area (TPSA) is 21.3 Å². The van der Waals surface area contributed by atoms with Gasteiger partial charge in [-0.25, -0.2) is 0 Å². The Morgan fingerprint density at radius 2 is 2.00 bits per heavy atom. The lowest BCUT2D eigenvalue weighted by Crippen LogP contribution is -2.40. The lowest BCUT2D eigenvalue weighted by atomic mass is 10.1. The van der Waals surface area contributed by atoms with Crippen molar-refractivity contribution in [1.29, 1.82) is 0 Å². The third-order valence-electron chi connectivity index (χ3n) is 2.59. The first-order valence-corrected chi connectivity index (χ1v) is 6.54. The molecule has 96 valence electrons. The van der Waals surface area contributed by atoms with Crippen LogP contribution in [-0.4, -0.2) is 18.7 Å². The molecule has 0 bridgehead atoms. The zero-order valence-electron chi connectivity index (χ0n) is 11.1. The number of nitrogens with one attached hydrogen (secondary N) is 1. The summed E-state index contributed by atoms with van der Waals surface area (Å²) < 4.78 is 5.98. The second-order valence-electron chi connectivity index (χ2n) is 4.75. The predicted molar refractivity (Wildman–Crippen MR) is 74.1 cm³/mol. The summed E-state index contributed by atoms with van der Waals surface area (Å²) in [6, 6.07) is 5.85. The third-order valence-corrected chi connectivity index (χ3v) is 2.96. The van der Waals surface area contributed by atoms with E-state index in [1.807, 2.05) is 18.2 Å². The zero-order chi connectivity index (χ0) is 12.9. The molecule has 2 nitrogen and oxygen atoms in total. The Labute approximate surface area is 109 Å². The minimum atomic E-state index is -0.213. The maximum Gasteiger partial charge on any atom is 0.120 e. The number of ether oxygens (including phenoxy) is 1. The fraction of sp³-hybridized carbons (Fsp3) is 0.571. The molecular formula is C14H22ClNO. The molecule has 0 heterocycles. The first-order valence-electron chi connectivity index (χ1n) is 6.16. The van der Waals surface area contributed by atoms with Crippen molar-refractivity contribution in [2.75, 3.05) is 13.1 Å². The van der Waals surface area contributed by atoms with E-state index >= 15 is 0 Å². The van der Waals surface area contributed by atoms with Crippen LogP contribution < -0.4 is 10.1 Å². The molecule has 0 amide bonds. The van der Waals surface area contributed by atoms with E-state index in [1.165, 1.54) is 0 Å². The molecular weight excluding hydrogens is 234 g/mol.